The second kappa shape index (κ2) is 8.45. The van der Waals surface area contributed by atoms with Gasteiger partial charge >= 0.3 is 0 Å². The molecule has 0 radical (unpaired) electrons. The normalized spacial score (nSPS) is 20.6. The van der Waals surface area contributed by atoms with Gasteiger partial charge in [-0.05, 0) is 29.8 Å². The van der Waals surface area contributed by atoms with Crippen LogP contribution in [0.1, 0.15) is 33.1 Å². The van der Waals surface area contributed by atoms with Crippen LogP contribution < -0.4 is 0 Å². The Balaban J connectivity index is 1.31. The average Bonchev–Trinajstić information content (AvgIpc) is 3.30. The van der Waals surface area contributed by atoms with Crippen LogP contribution in [0, 0.1) is 5.82 Å². The molecule has 2 aliphatic heterocycles. The monoisotopic (exact) mass is 475 g/mol. The summed E-state index contributed by atoms with van der Waals surface area (Å²) >= 11 is 0. The molecule has 1 saturated heterocycles. The zero-order valence-electron chi connectivity index (χ0n) is 18.4. The fourth-order valence-corrected chi connectivity index (χ4v) is 6.70. The molecule has 6 rings (SSSR count). The molecule has 2 atom stereocenters. The Kier molecular flexibility index (Phi) is 5.27. The molecule has 2 unspecified atom stereocenters. The first-order valence-electron chi connectivity index (χ1n) is 11.4. The van der Waals surface area contributed by atoms with E-state index in [4.69, 9.17) is 0 Å². The third-order valence-corrected chi connectivity index (χ3v) is 8.45. The number of nitrogens with zero attached hydrogens (tertiary/aromatic N) is 3. The Labute approximate surface area is 198 Å². The quantitative estimate of drug-likeness (QED) is 0.354. The summed E-state index contributed by atoms with van der Waals surface area (Å²) in [6, 6.07) is 14.3. The number of H-pyrrole nitrogens is 1. The molecule has 2 aromatic heterocycles. The number of nitrogens with one attached hydrogen (secondary N) is 1. The zero-order chi connectivity index (χ0) is 23.2. The van der Waals surface area contributed by atoms with E-state index in [9.17, 15) is 13.4 Å². The van der Waals surface area contributed by atoms with Crippen LogP contribution in [0.2, 0.25) is 0 Å². The van der Waals surface area contributed by atoms with Crippen LogP contribution in [0.15, 0.2) is 72.0 Å². The Morgan fingerprint density at radius 2 is 1.85 bits per heavy atom. The summed E-state index contributed by atoms with van der Waals surface area (Å²) in [7, 11) is -1.66. The number of piperazine rings is 1. The van der Waals surface area contributed by atoms with Crippen molar-refractivity contribution in [2.75, 3.05) is 26.2 Å². The van der Waals surface area contributed by atoms with E-state index in [1.807, 2.05) is 35.4 Å². The van der Waals surface area contributed by atoms with Crippen molar-refractivity contribution in [2.24, 2.45) is 0 Å². The largest absolute Gasteiger partial charge is 0.360 e. The molecule has 0 spiro atoms. The van der Waals surface area contributed by atoms with Crippen molar-refractivity contribution in [1.82, 2.24) is 19.8 Å². The number of amides is 1. The Morgan fingerprint density at radius 1 is 1.03 bits per heavy atom. The second-order valence-electron chi connectivity index (χ2n) is 8.80. The first-order valence-corrected chi connectivity index (χ1v) is 12.8. The molecule has 172 valence electrons. The minimum absolute atomic E-state index is 0.0454. The van der Waals surface area contributed by atoms with Crippen LogP contribution >= 0.6 is 0 Å². The van der Waals surface area contributed by atoms with Gasteiger partial charge in [-0.3, -0.25) is 14.7 Å². The molecule has 34 heavy (non-hydrogen) atoms. The van der Waals surface area contributed by atoms with Gasteiger partial charge in [-0.1, -0.05) is 24.3 Å². The minimum Gasteiger partial charge on any atom is -0.360 e. The number of hydrogen-bond acceptors (Lipinski definition) is 4. The van der Waals surface area contributed by atoms with Crippen molar-refractivity contribution in [3.05, 3.63) is 95.2 Å². The maximum absolute atomic E-state index is 14.4. The molecule has 2 aliphatic rings. The fraction of sp³-hybridized carbons (Fsp3) is 0.231. The summed E-state index contributed by atoms with van der Waals surface area (Å²) in [6.45, 7) is 2.36. The van der Waals surface area contributed by atoms with Gasteiger partial charge in [0, 0.05) is 61.3 Å². The Morgan fingerprint density at radius 3 is 2.71 bits per heavy atom. The molecule has 1 N–H and O–H groups in total. The van der Waals surface area contributed by atoms with Crippen molar-refractivity contribution in [3.8, 4) is 0 Å². The molecule has 0 aliphatic carbocycles. The first-order chi connectivity index (χ1) is 16.6. The van der Waals surface area contributed by atoms with Gasteiger partial charge in [0.05, 0.1) is 17.1 Å². The van der Waals surface area contributed by atoms with Crippen molar-refractivity contribution >= 4 is 27.6 Å². The fourth-order valence-electron chi connectivity index (χ4n) is 5.21. The number of aromatic amines is 1. The molecule has 0 bridgehead atoms. The lowest BCUT2D eigenvalue weighted by atomic mass is 9.93. The van der Waals surface area contributed by atoms with Gasteiger partial charge in [-0.15, -0.1) is 4.21 Å². The summed E-state index contributed by atoms with van der Waals surface area (Å²) < 4.78 is 27.5. The highest BCUT2D eigenvalue weighted by molar-refractivity contribution is 7.84. The molecule has 4 aromatic rings. The number of thiol groups is 1. The average molecular weight is 476 g/mol. The van der Waals surface area contributed by atoms with Gasteiger partial charge in [-0.2, -0.15) is 0 Å². The number of pyridine rings is 1. The molecular formula is C26H24FN4O2S+. The molecule has 6 nitrogen and oxygen atoms in total. The van der Waals surface area contributed by atoms with Crippen molar-refractivity contribution in [1.29, 1.82) is 0 Å². The molecular weight excluding hydrogens is 451 g/mol. The van der Waals surface area contributed by atoms with E-state index in [2.05, 4.69) is 20.9 Å². The van der Waals surface area contributed by atoms with E-state index >= 15 is 0 Å². The number of fused-ring (bicyclic) bond motifs is 3. The third kappa shape index (κ3) is 3.54. The topological polar surface area (TPSA) is 69.3 Å². The predicted molar refractivity (Wildman–Crippen MR) is 130 cm³/mol. The zero-order valence-corrected chi connectivity index (χ0v) is 19.3. The second-order valence-corrected chi connectivity index (χ2v) is 10.4. The van der Waals surface area contributed by atoms with Gasteiger partial charge in [0.25, 0.3) is 5.91 Å². The Hall–Kier alpha value is -3.36. The van der Waals surface area contributed by atoms with Crippen molar-refractivity contribution < 1.29 is 13.4 Å². The van der Waals surface area contributed by atoms with Gasteiger partial charge in [0.15, 0.2) is 4.90 Å². The van der Waals surface area contributed by atoms with Gasteiger partial charge in [-0.25, -0.2) is 4.39 Å². The number of rotatable bonds is 2. The van der Waals surface area contributed by atoms with Crippen molar-refractivity contribution in [2.45, 2.75) is 16.7 Å². The summed E-state index contributed by atoms with van der Waals surface area (Å²) in [5, 5.41) is 0.910. The van der Waals surface area contributed by atoms with Crippen LogP contribution in [-0.4, -0.2) is 51.9 Å². The van der Waals surface area contributed by atoms with Gasteiger partial charge in [0.1, 0.15) is 22.4 Å². The predicted octanol–water partition coefficient (Wildman–Crippen LogP) is 3.82. The number of benzene rings is 2. The molecule has 1 fully saturated rings. The highest BCUT2D eigenvalue weighted by Gasteiger charge is 2.36. The highest BCUT2D eigenvalue weighted by Crippen LogP contribution is 2.39. The molecule has 1 amide bonds. The van der Waals surface area contributed by atoms with Crippen LogP contribution in [0.4, 0.5) is 4.39 Å². The van der Waals surface area contributed by atoms with Crippen LogP contribution in [0.25, 0.3) is 10.9 Å². The Bertz CT molecular complexity index is 1430. The summed E-state index contributed by atoms with van der Waals surface area (Å²) in [6.07, 6.45) is 5.17. The van der Waals surface area contributed by atoms with E-state index in [1.165, 1.54) is 12.1 Å². The first kappa shape index (κ1) is 21.2. The van der Waals surface area contributed by atoms with Gasteiger partial charge < -0.3 is 9.88 Å². The smallest absolute Gasteiger partial charge is 0.257 e. The molecule has 2 aromatic carbocycles. The third-order valence-electron chi connectivity index (χ3n) is 6.88. The van der Waals surface area contributed by atoms with E-state index in [1.54, 1.807) is 18.5 Å². The van der Waals surface area contributed by atoms with E-state index in [-0.39, 0.29) is 17.8 Å². The maximum atomic E-state index is 14.4. The lowest BCUT2D eigenvalue weighted by Crippen LogP contribution is -2.50. The maximum Gasteiger partial charge on any atom is 0.257 e. The van der Waals surface area contributed by atoms with Crippen LogP contribution in [0.5, 0.6) is 0 Å². The standard InChI is InChI=1S/C26H23FN4O2S/c27-19-5-6-23-21(13-19)25(20-4-2-1-3-18(20)16-34(23)33)30-9-11-31(12-10-30)26(32)22-15-28-14-17-7-8-29-24(17)22/h1-8,13-15,25,29H,9-12,16H2/p+1. The van der Waals surface area contributed by atoms with Crippen LogP contribution in [0.3, 0.4) is 0 Å². The lowest BCUT2D eigenvalue weighted by molar-refractivity contribution is 0.0597. The summed E-state index contributed by atoms with van der Waals surface area (Å²) in [5.74, 6) is 0.0783. The molecule has 4 heterocycles. The van der Waals surface area contributed by atoms with E-state index < -0.39 is 10.8 Å². The number of halogens is 1. The number of carbonyl (C=O) groups is 1. The number of hydrogen-bond donors (Lipinski definition) is 1. The molecule has 8 heteroatoms. The van der Waals surface area contributed by atoms with E-state index in [0.717, 1.165) is 32.5 Å². The number of carbonyl (C=O) groups excluding carboxylic acids is 1. The van der Waals surface area contributed by atoms with Gasteiger partial charge in [0.2, 0.25) is 0 Å². The van der Waals surface area contributed by atoms with E-state index in [0.29, 0.717) is 37.5 Å². The van der Waals surface area contributed by atoms with Crippen molar-refractivity contribution in [3.63, 3.8) is 0 Å². The minimum atomic E-state index is -1.66. The summed E-state index contributed by atoms with van der Waals surface area (Å²) in [5.41, 5.74) is 4.24. The summed E-state index contributed by atoms with van der Waals surface area (Å²) in [4.78, 5) is 25.5. The number of aromatic nitrogens is 2. The SMILES string of the molecule is O=C(c1cncc2cc[nH]c12)N1CCN(C2c3ccccc3C[SH+](=O)c3ccc(F)cc32)CC1. The highest BCUT2D eigenvalue weighted by atomic mass is 32.2. The molecule has 0 saturated carbocycles. The van der Waals surface area contributed by atoms with Crippen LogP contribution in [-0.2, 0) is 20.8 Å². The lowest BCUT2D eigenvalue weighted by Gasteiger charge is -2.39.